The molecule has 1 aliphatic carbocycles. The van der Waals surface area contributed by atoms with Gasteiger partial charge in [0.15, 0.2) is 0 Å². The van der Waals surface area contributed by atoms with Crippen LogP contribution in [0.25, 0.3) is 5.57 Å². The SMILES string of the molecule is CCC[N+]1(CC)[C@@H]2CC[C@H]1CC(OC(=O)C1CCCC=C1c1ccccc1)C2. The highest BCUT2D eigenvalue weighted by molar-refractivity contribution is 5.89. The van der Waals surface area contributed by atoms with Crippen LogP contribution in [0.5, 0.6) is 0 Å². The molecule has 2 fully saturated rings. The molecule has 3 unspecified atom stereocenters. The van der Waals surface area contributed by atoms with Gasteiger partial charge in [-0.05, 0) is 43.7 Å². The number of quaternary nitrogens is 1. The first-order valence-electron chi connectivity index (χ1n) is 11.5. The first-order valence-corrected chi connectivity index (χ1v) is 11.5. The number of carbonyl (C=O) groups excluding carboxylic acids is 1. The average Bonchev–Trinajstić information content (AvgIpc) is 2.91. The minimum Gasteiger partial charge on any atom is -0.461 e. The summed E-state index contributed by atoms with van der Waals surface area (Å²) < 4.78 is 7.47. The number of hydrogen-bond donors (Lipinski definition) is 0. The van der Waals surface area contributed by atoms with E-state index in [2.05, 4.69) is 44.2 Å². The lowest BCUT2D eigenvalue weighted by atomic mass is 9.83. The normalized spacial score (nSPS) is 34.7. The van der Waals surface area contributed by atoms with Crippen molar-refractivity contribution in [1.82, 2.24) is 0 Å². The molecule has 0 amide bonds. The second-order valence-electron chi connectivity index (χ2n) is 9.07. The predicted octanol–water partition coefficient (Wildman–Crippen LogP) is 5.35. The zero-order chi connectivity index (χ0) is 19.6. The first kappa shape index (κ1) is 19.7. The minimum atomic E-state index is -0.0863. The lowest BCUT2D eigenvalue weighted by Gasteiger charge is -2.49. The van der Waals surface area contributed by atoms with Crippen LogP contribution in [-0.4, -0.2) is 41.7 Å². The Kier molecular flexibility index (Phi) is 5.91. The minimum absolute atomic E-state index is 0.0196. The van der Waals surface area contributed by atoms with Crippen LogP contribution in [0, 0.1) is 5.92 Å². The molecule has 0 radical (unpaired) electrons. The molecule has 3 nitrogen and oxygen atoms in total. The molecule has 28 heavy (non-hydrogen) atoms. The maximum Gasteiger partial charge on any atom is 0.313 e. The van der Waals surface area contributed by atoms with Crippen LogP contribution in [0.1, 0.15) is 70.8 Å². The molecule has 2 aliphatic heterocycles. The van der Waals surface area contributed by atoms with E-state index >= 15 is 0 Å². The second-order valence-corrected chi connectivity index (χ2v) is 9.07. The molecule has 0 N–H and O–H groups in total. The average molecular weight is 383 g/mol. The monoisotopic (exact) mass is 382 g/mol. The van der Waals surface area contributed by atoms with Crippen LogP contribution in [-0.2, 0) is 9.53 Å². The van der Waals surface area contributed by atoms with Crippen molar-refractivity contribution >= 4 is 11.5 Å². The molecule has 0 aromatic heterocycles. The van der Waals surface area contributed by atoms with Gasteiger partial charge in [0.05, 0.1) is 31.1 Å². The lowest BCUT2D eigenvalue weighted by molar-refractivity contribution is -0.965. The molecule has 1 aromatic carbocycles. The fraction of sp³-hybridized carbons (Fsp3) is 0.640. The van der Waals surface area contributed by atoms with Crippen LogP contribution >= 0.6 is 0 Å². The number of ether oxygens (including phenoxy) is 1. The molecule has 3 heteroatoms. The number of fused-ring (bicyclic) bond motifs is 2. The van der Waals surface area contributed by atoms with Gasteiger partial charge in [0.1, 0.15) is 6.10 Å². The van der Waals surface area contributed by atoms with E-state index in [0.717, 1.165) is 32.1 Å². The van der Waals surface area contributed by atoms with Crippen molar-refractivity contribution in [2.24, 2.45) is 5.92 Å². The molecule has 5 atom stereocenters. The maximum atomic E-state index is 13.2. The largest absolute Gasteiger partial charge is 0.461 e. The van der Waals surface area contributed by atoms with Gasteiger partial charge in [-0.2, -0.15) is 0 Å². The number of allylic oxidation sites excluding steroid dienone is 1. The Morgan fingerprint density at radius 1 is 1.07 bits per heavy atom. The predicted molar refractivity (Wildman–Crippen MR) is 114 cm³/mol. The van der Waals surface area contributed by atoms with Gasteiger partial charge in [0.25, 0.3) is 0 Å². The molecule has 4 rings (SSSR count). The van der Waals surface area contributed by atoms with E-state index in [-0.39, 0.29) is 18.0 Å². The zero-order valence-electron chi connectivity index (χ0n) is 17.6. The third-order valence-corrected chi connectivity index (χ3v) is 7.70. The summed E-state index contributed by atoms with van der Waals surface area (Å²) in [7, 11) is 0. The fourth-order valence-electron chi connectivity index (χ4n) is 6.43. The van der Waals surface area contributed by atoms with Crippen molar-refractivity contribution < 1.29 is 14.0 Å². The second kappa shape index (κ2) is 8.41. The van der Waals surface area contributed by atoms with Crippen LogP contribution in [0.2, 0.25) is 0 Å². The molecular weight excluding hydrogens is 346 g/mol. The molecule has 0 spiro atoms. The maximum absolute atomic E-state index is 13.2. The van der Waals surface area contributed by atoms with E-state index in [4.69, 9.17) is 4.74 Å². The molecule has 0 saturated carbocycles. The third kappa shape index (κ3) is 3.54. The first-order chi connectivity index (χ1) is 13.7. The molecule has 2 bridgehead atoms. The van der Waals surface area contributed by atoms with E-state index in [1.165, 1.54) is 48.0 Å². The van der Waals surface area contributed by atoms with E-state index in [0.29, 0.717) is 12.1 Å². The van der Waals surface area contributed by atoms with Gasteiger partial charge in [-0.25, -0.2) is 0 Å². The fourth-order valence-corrected chi connectivity index (χ4v) is 6.43. The molecule has 1 aromatic rings. The Bertz CT molecular complexity index is 697. The van der Waals surface area contributed by atoms with Crippen molar-refractivity contribution in [2.75, 3.05) is 13.1 Å². The highest BCUT2D eigenvalue weighted by atomic mass is 16.5. The molecule has 2 heterocycles. The van der Waals surface area contributed by atoms with Crippen molar-refractivity contribution in [3.63, 3.8) is 0 Å². The van der Waals surface area contributed by atoms with Crippen molar-refractivity contribution in [2.45, 2.75) is 83.4 Å². The lowest BCUT2D eigenvalue weighted by Crippen LogP contribution is -2.61. The molecule has 3 aliphatic rings. The summed E-state index contributed by atoms with van der Waals surface area (Å²) in [5, 5.41) is 0. The van der Waals surface area contributed by atoms with Crippen LogP contribution in [0.3, 0.4) is 0 Å². The topological polar surface area (TPSA) is 26.3 Å². The molecule has 152 valence electrons. The Balaban J connectivity index is 1.45. The summed E-state index contributed by atoms with van der Waals surface area (Å²) in [6, 6.07) is 11.8. The Morgan fingerprint density at radius 3 is 2.43 bits per heavy atom. The van der Waals surface area contributed by atoms with Gasteiger partial charge < -0.3 is 9.22 Å². The van der Waals surface area contributed by atoms with Gasteiger partial charge in [-0.1, -0.05) is 43.3 Å². The number of hydrogen-bond acceptors (Lipinski definition) is 2. The standard InChI is InChI=1S/C25H36NO2/c1-3-16-26(4-2)20-14-15-21(26)18-22(17-20)28-25(27)24-13-9-8-12-23(24)19-10-6-5-7-11-19/h5-7,10-12,20-22,24H,3-4,8-9,13-18H2,1-2H3/q+1/t20-,21+,22?,24?,26?. The third-order valence-electron chi connectivity index (χ3n) is 7.70. The Labute approximate surface area is 170 Å². The number of nitrogens with zero attached hydrogens (tertiary/aromatic N) is 1. The van der Waals surface area contributed by atoms with Crippen molar-refractivity contribution in [3.05, 3.63) is 42.0 Å². The molecular formula is C25H36NO2+. The number of carbonyl (C=O) groups is 1. The van der Waals surface area contributed by atoms with Gasteiger partial charge in [0, 0.05) is 25.7 Å². The summed E-state index contributed by atoms with van der Waals surface area (Å²) in [6.45, 7) is 7.18. The van der Waals surface area contributed by atoms with Crippen molar-refractivity contribution in [1.29, 1.82) is 0 Å². The number of benzene rings is 1. The van der Waals surface area contributed by atoms with Gasteiger partial charge in [0.2, 0.25) is 0 Å². The van der Waals surface area contributed by atoms with Crippen LogP contribution in [0.4, 0.5) is 0 Å². The van der Waals surface area contributed by atoms with E-state index in [9.17, 15) is 4.79 Å². The van der Waals surface area contributed by atoms with Gasteiger partial charge in [-0.15, -0.1) is 0 Å². The summed E-state index contributed by atoms with van der Waals surface area (Å²) >= 11 is 0. The number of rotatable bonds is 6. The quantitative estimate of drug-likeness (QED) is 0.489. The van der Waals surface area contributed by atoms with Crippen molar-refractivity contribution in [3.8, 4) is 0 Å². The number of piperidine rings is 1. The van der Waals surface area contributed by atoms with Gasteiger partial charge >= 0.3 is 5.97 Å². The van der Waals surface area contributed by atoms with Crippen LogP contribution in [0.15, 0.2) is 36.4 Å². The van der Waals surface area contributed by atoms with Crippen LogP contribution < -0.4 is 0 Å². The summed E-state index contributed by atoms with van der Waals surface area (Å²) in [6.07, 6.45) is 11.4. The highest BCUT2D eigenvalue weighted by Gasteiger charge is 2.53. The Hall–Kier alpha value is -1.61. The van der Waals surface area contributed by atoms with E-state index < -0.39 is 0 Å². The Morgan fingerprint density at radius 2 is 1.79 bits per heavy atom. The summed E-state index contributed by atoms with van der Waals surface area (Å²) in [5.41, 5.74) is 2.36. The van der Waals surface area contributed by atoms with E-state index in [1.807, 2.05) is 6.07 Å². The molecule has 2 saturated heterocycles. The summed E-state index contributed by atoms with van der Waals surface area (Å²) in [4.78, 5) is 13.2. The zero-order valence-corrected chi connectivity index (χ0v) is 17.6. The smallest absolute Gasteiger partial charge is 0.313 e. The van der Waals surface area contributed by atoms with E-state index in [1.54, 1.807) is 0 Å². The number of esters is 1. The highest BCUT2D eigenvalue weighted by Crippen LogP contribution is 2.44. The summed E-state index contributed by atoms with van der Waals surface area (Å²) in [5.74, 6) is -0.0667. The van der Waals surface area contributed by atoms with Gasteiger partial charge in [-0.3, -0.25) is 4.79 Å².